The molecule has 8 aromatic rings. The summed E-state index contributed by atoms with van der Waals surface area (Å²) >= 11 is 0. The van der Waals surface area contributed by atoms with Crippen molar-refractivity contribution in [2.75, 3.05) is 0 Å². The van der Waals surface area contributed by atoms with Crippen molar-refractivity contribution in [3.8, 4) is 11.4 Å². The summed E-state index contributed by atoms with van der Waals surface area (Å²) in [4.78, 5) is 2.36. The summed E-state index contributed by atoms with van der Waals surface area (Å²) in [6.07, 6.45) is 8.70. The predicted molar refractivity (Wildman–Crippen MR) is 195 cm³/mol. The molecule has 0 radical (unpaired) electrons. The lowest BCUT2D eigenvalue weighted by molar-refractivity contribution is 0.443. The molecule has 0 bridgehead atoms. The van der Waals surface area contributed by atoms with Gasteiger partial charge in [-0.3, -0.25) is 0 Å². The molecule has 4 nitrogen and oxygen atoms in total. The van der Waals surface area contributed by atoms with Crippen LogP contribution in [-0.4, -0.2) is 20.2 Å². The number of rotatable bonds is 4. The van der Waals surface area contributed by atoms with E-state index in [-0.39, 0.29) is 6.17 Å². The van der Waals surface area contributed by atoms with Gasteiger partial charge in [0.2, 0.25) is 0 Å². The fourth-order valence-electron chi connectivity index (χ4n) is 7.68. The molecule has 1 N–H and O–H groups in total. The molecule has 0 aliphatic carbocycles. The Hall–Kier alpha value is -6.26. The Morgan fingerprint density at radius 2 is 0.915 bits per heavy atom. The van der Waals surface area contributed by atoms with Crippen LogP contribution in [0.4, 0.5) is 0 Å². The Morgan fingerprint density at radius 3 is 1.43 bits per heavy atom. The Bertz CT molecular complexity index is 2380. The fraction of sp³-hybridized carbons (Fsp3) is 0.0233. The molecule has 0 saturated carbocycles. The summed E-state index contributed by atoms with van der Waals surface area (Å²) < 4.78 is 4.86. The zero-order chi connectivity index (χ0) is 30.9. The number of para-hydroxylation sites is 4. The van der Waals surface area contributed by atoms with E-state index in [1.54, 1.807) is 0 Å². The maximum absolute atomic E-state index is 3.84. The highest BCUT2D eigenvalue weighted by Crippen LogP contribution is 2.41. The standard InChI is InChI=1S/C43H30N4/c1-2-14-29(15-3-1)42-43(45-25-13-12-24-41(45)44-42)30-26-31(46-37-20-8-4-16-33(37)34-17-5-9-21-38(34)46)28-32(27-30)47-39-22-10-6-18-35(39)36-19-7-11-23-40(36)47/h1-28,41,44H. The molecule has 1 atom stereocenters. The van der Waals surface area contributed by atoms with Gasteiger partial charge in [0.1, 0.15) is 6.17 Å². The fourth-order valence-corrected chi connectivity index (χ4v) is 7.68. The van der Waals surface area contributed by atoms with Crippen LogP contribution in [0.15, 0.2) is 170 Å². The summed E-state index contributed by atoms with van der Waals surface area (Å²) in [5, 5.41) is 8.85. The minimum Gasteiger partial charge on any atom is -0.359 e. The molecule has 0 saturated heterocycles. The summed E-state index contributed by atoms with van der Waals surface area (Å²) in [6, 6.07) is 52.8. The van der Waals surface area contributed by atoms with Crippen LogP contribution >= 0.6 is 0 Å². The summed E-state index contributed by atoms with van der Waals surface area (Å²) in [5.41, 5.74) is 11.6. The van der Waals surface area contributed by atoms with E-state index in [0.29, 0.717) is 0 Å². The molecule has 6 aromatic carbocycles. The van der Waals surface area contributed by atoms with Gasteiger partial charge in [0, 0.05) is 44.7 Å². The predicted octanol–water partition coefficient (Wildman–Crippen LogP) is 10.0. The number of aromatic nitrogens is 2. The van der Waals surface area contributed by atoms with Gasteiger partial charge < -0.3 is 19.4 Å². The average Bonchev–Trinajstić information content (AvgIpc) is 3.80. The molecule has 2 aromatic heterocycles. The van der Waals surface area contributed by atoms with Gasteiger partial charge in [-0.05, 0) is 60.2 Å². The van der Waals surface area contributed by atoms with Gasteiger partial charge in [-0.1, -0.05) is 109 Å². The second-order valence-electron chi connectivity index (χ2n) is 12.3. The molecular formula is C43H30N4. The molecule has 0 spiro atoms. The normalized spacial score (nSPS) is 15.7. The Labute approximate surface area is 272 Å². The number of benzene rings is 6. The zero-order valence-electron chi connectivity index (χ0n) is 25.6. The molecule has 2 aliphatic heterocycles. The highest BCUT2D eigenvalue weighted by Gasteiger charge is 2.32. The third-order valence-corrected chi connectivity index (χ3v) is 9.65. The molecule has 10 rings (SSSR count). The first-order valence-electron chi connectivity index (χ1n) is 16.2. The molecule has 2 aliphatic rings. The first-order chi connectivity index (χ1) is 23.3. The van der Waals surface area contributed by atoms with Crippen LogP contribution < -0.4 is 5.32 Å². The van der Waals surface area contributed by atoms with Crippen LogP contribution in [0.1, 0.15) is 11.1 Å². The minimum absolute atomic E-state index is 0.0405. The van der Waals surface area contributed by atoms with E-state index in [1.165, 1.54) is 49.2 Å². The number of nitrogens with one attached hydrogen (secondary N) is 1. The van der Waals surface area contributed by atoms with E-state index < -0.39 is 0 Å². The number of nitrogens with zero attached hydrogens (tertiary/aromatic N) is 3. The van der Waals surface area contributed by atoms with Crippen LogP contribution in [0.2, 0.25) is 0 Å². The lowest BCUT2D eigenvalue weighted by Gasteiger charge is -2.26. The largest absolute Gasteiger partial charge is 0.359 e. The molecule has 1 unspecified atom stereocenters. The van der Waals surface area contributed by atoms with Gasteiger partial charge in [0.25, 0.3) is 0 Å². The van der Waals surface area contributed by atoms with Crippen LogP contribution in [-0.2, 0) is 0 Å². The van der Waals surface area contributed by atoms with Crippen molar-refractivity contribution in [1.82, 2.24) is 19.4 Å². The van der Waals surface area contributed by atoms with Crippen LogP contribution in [0.3, 0.4) is 0 Å². The molecule has 222 valence electrons. The molecule has 4 heterocycles. The van der Waals surface area contributed by atoms with Crippen LogP contribution in [0, 0.1) is 0 Å². The second kappa shape index (κ2) is 10.1. The minimum atomic E-state index is 0.0405. The molecule has 47 heavy (non-hydrogen) atoms. The lowest BCUT2D eigenvalue weighted by atomic mass is 10.0. The Balaban J connectivity index is 1.33. The van der Waals surface area contributed by atoms with Gasteiger partial charge in [-0.25, -0.2) is 0 Å². The third kappa shape index (κ3) is 3.88. The maximum Gasteiger partial charge on any atom is 0.123 e. The van der Waals surface area contributed by atoms with E-state index in [1.807, 2.05) is 0 Å². The smallest absolute Gasteiger partial charge is 0.123 e. The van der Waals surface area contributed by atoms with Crippen molar-refractivity contribution in [2.24, 2.45) is 0 Å². The Kier molecular flexibility index (Phi) is 5.60. The van der Waals surface area contributed by atoms with E-state index in [9.17, 15) is 0 Å². The number of fused-ring (bicyclic) bond motifs is 7. The van der Waals surface area contributed by atoms with Crippen molar-refractivity contribution in [3.63, 3.8) is 0 Å². The molecule has 0 fully saturated rings. The SMILES string of the molecule is C1=CC2NC(c3ccccc3)=C(c3cc(-n4c5ccccc5c5ccccc54)cc(-n4c5ccccc5c5ccccc54)c3)N2C=C1. The zero-order valence-corrected chi connectivity index (χ0v) is 25.6. The first kappa shape index (κ1) is 26.0. The first-order valence-corrected chi connectivity index (χ1v) is 16.2. The molecule has 0 amide bonds. The van der Waals surface area contributed by atoms with Gasteiger partial charge in [0.05, 0.1) is 33.5 Å². The summed E-state index contributed by atoms with van der Waals surface area (Å²) in [5.74, 6) is 0. The number of allylic oxidation sites excluding steroid dienone is 2. The van der Waals surface area contributed by atoms with Crippen molar-refractivity contribution in [3.05, 3.63) is 181 Å². The monoisotopic (exact) mass is 602 g/mol. The van der Waals surface area contributed by atoms with Gasteiger partial charge in [-0.15, -0.1) is 0 Å². The summed E-state index contributed by atoms with van der Waals surface area (Å²) in [6.45, 7) is 0. The van der Waals surface area contributed by atoms with Crippen molar-refractivity contribution < 1.29 is 0 Å². The maximum atomic E-state index is 3.84. The van der Waals surface area contributed by atoms with Gasteiger partial charge in [-0.2, -0.15) is 0 Å². The quantitative estimate of drug-likeness (QED) is 0.217. The van der Waals surface area contributed by atoms with Gasteiger partial charge in [0.15, 0.2) is 0 Å². The highest BCUT2D eigenvalue weighted by molar-refractivity contribution is 6.10. The number of hydrogen-bond donors (Lipinski definition) is 1. The molecule has 4 heteroatoms. The van der Waals surface area contributed by atoms with Crippen LogP contribution in [0.5, 0.6) is 0 Å². The van der Waals surface area contributed by atoms with E-state index in [2.05, 4.69) is 189 Å². The lowest BCUT2D eigenvalue weighted by Crippen LogP contribution is -2.32. The molecular weight excluding hydrogens is 573 g/mol. The van der Waals surface area contributed by atoms with Crippen molar-refractivity contribution >= 4 is 55.0 Å². The van der Waals surface area contributed by atoms with Gasteiger partial charge >= 0.3 is 0 Å². The van der Waals surface area contributed by atoms with E-state index in [0.717, 1.165) is 28.3 Å². The number of hydrogen-bond acceptors (Lipinski definition) is 2. The Morgan fingerprint density at radius 1 is 0.447 bits per heavy atom. The highest BCUT2D eigenvalue weighted by atomic mass is 15.3. The average molecular weight is 603 g/mol. The van der Waals surface area contributed by atoms with E-state index in [4.69, 9.17) is 0 Å². The second-order valence-corrected chi connectivity index (χ2v) is 12.3. The third-order valence-electron chi connectivity index (χ3n) is 9.65. The summed E-state index contributed by atoms with van der Waals surface area (Å²) in [7, 11) is 0. The van der Waals surface area contributed by atoms with Crippen molar-refractivity contribution in [1.29, 1.82) is 0 Å². The topological polar surface area (TPSA) is 25.1 Å². The van der Waals surface area contributed by atoms with E-state index >= 15 is 0 Å². The van der Waals surface area contributed by atoms with Crippen LogP contribution in [0.25, 0.3) is 66.4 Å². The van der Waals surface area contributed by atoms with Crippen molar-refractivity contribution in [2.45, 2.75) is 6.17 Å².